The first-order valence-electron chi connectivity index (χ1n) is 9.42. The summed E-state index contributed by atoms with van der Waals surface area (Å²) in [5.74, 6) is 0.307. The van der Waals surface area contributed by atoms with Crippen molar-refractivity contribution in [2.45, 2.75) is 39.0 Å². The molecule has 1 aliphatic heterocycles. The third kappa shape index (κ3) is 4.30. The molecule has 158 valence electrons. The fourth-order valence-corrected chi connectivity index (χ4v) is 3.56. The predicted molar refractivity (Wildman–Crippen MR) is 102 cm³/mol. The van der Waals surface area contributed by atoms with Gasteiger partial charge >= 0.3 is 6.36 Å². The van der Waals surface area contributed by atoms with Crippen molar-refractivity contribution in [1.82, 2.24) is 14.5 Å². The van der Waals surface area contributed by atoms with Gasteiger partial charge in [-0.15, -0.1) is 13.2 Å². The summed E-state index contributed by atoms with van der Waals surface area (Å²) in [6.07, 6.45) is -2.66. The molecular formula is C21H19F4N3O2. The van der Waals surface area contributed by atoms with Crippen molar-refractivity contribution in [3.8, 4) is 28.4 Å². The van der Waals surface area contributed by atoms with Crippen molar-refractivity contribution < 1.29 is 27.0 Å². The maximum atomic E-state index is 13.1. The molecule has 0 amide bonds. The van der Waals surface area contributed by atoms with E-state index in [2.05, 4.69) is 9.72 Å². The van der Waals surface area contributed by atoms with Crippen molar-refractivity contribution in [3.63, 3.8) is 0 Å². The summed E-state index contributed by atoms with van der Waals surface area (Å²) >= 11 is 0. The molecule has 4 rings (SSSR count). The van der Waals surface area contributed by atoms with E-state index in [1.54, 1.807) is 12.1 Å². The summed E-state index contributed by atoms with van der Waals surface area (Å²) in [4.78, 5) is 8.77. The third-order valence-corrected chi connectivity index (χ3v) is 4.83. The molecule has 2 aromatic heterocycles. The molecule has 0 unspecified atom stereocenters. The Morgan fingerprint density at radius 1 is 1.17 bits per heavy atom. The van der Waals surface area contributed by atoms with Crippen LogP contribution in [0.2, 0.25) is 0 Å². The van der Waals surface area contributed by atoms with E-state index in [0.29, 0.717) is 42.3 Å². The van der Waals surface area contributed by atoms with Gasteiger partial charge in [0.15, 0.2) is 0 Å². The van der Waals surface area contributed by atoms with Crippen LogP contribution in [0.5, 0.6) is 5.75 Å². The molecule has 0 bridgehead atoms. The zero-order valence-electron chi connectivity index (χ0n) is 16.1. The fourth-order valence-electron chi connectivity index (χ4n) is 3.56. The first kappa shape index (κ1) is 20.3. The summed E-state index contributed by atoms with van der Waals surface area (Å²) in [7, 11) is 0. The molecule has 0 fully saturated rings. The van der Waals surface area contributed by atoms with Gasteiger partial charge in [0.05, 0.1) is 30.6 Å². The van der Waals surface area contributed by atoms with E-state index < -0.39 is 13.0 Å². The van der Waals surface area contributed by atoms with Crippen LogP contribution in [-0.4, -0.2) is 33.6 Å². The number of nitrogens with zero attached hydrogens (tertiary/aromatic N) is 3. The zero-order chi connectivity index (χ0) is 21.3. The van der Waals surface area contributed by atoms with Crippen molar-refractivity contribution in [2.75, 3.05) is 6.61 Å². The van der Waals surface area contributed by atoms with Crippen LogP contribution >= 0.6 is 0 Å². The number of halogens is 4. The standard InChI is InChI=1S/C21H19F4N3O2/c1-13-12-28-18(7-9-29-13)19(15-6-8-26-16(10-15)11-22)27-20(28)14-2-4-17(5-3-14)30-21(23,24)25/h2-6,8,10,13H,7,9,11-12H2,1H3/t13-/m1/s1. The lowest BCUT2D eigenvalue weighted by Crippen LogP contribution is -2.17. The third-order valence-electron chi connectivity index (χ3n) is 4.83. The number of hydrogen-bond acceptors (Lipinski definition) is 4. The highest BCUT2D eigenvalue weighted by atomic mass is 19.4. The normalized spacial score (nSPS) is 16.8. The molecule has 0 radical (unpaired) electrons. The van der Waals surface area contributed by atoms with E-state index in [0.717, 1.165) is 11.3 Å². The Labute approximate surface area is 170 Å². The summed E-state index contributed by atoms with van der Waals surface area (Å²) in [6, 6.07) is 9.01. The van der Waals surface area contributed by atoms with E-state index in [4.69, 9.17) is 9.72 Å². The summed E-state index contributed by atoms with van der Waals surface area (Å²) in [5.41, 5.74) is 3.31. The highest BCUT2D eigenvalue weighted by Gasteiger charge is 2.31. The first-order chi connectivity index (χ1) is 14.3. The fraction of sp³-hybridized carbons (Fsp3) is 0.333. The van der Waals surface area contributed by atoms with Gasteiger partial charge in [0.1, 0.15) is 18.2 Å². The predicted octanol–water partition coefficient (Wildman–Crippen LogP) is 4.94. The van der Waals surface area contributed by atoms with E-state index in [9.17, 15) is 17.6 Å². The Kier molecular flexibility index (Phi) is 5.46. The van der Waals surface area contributed by atoms with E-state index >= 15 is 0 Å². The molecule has 3 heterocycles. The number of hydrogen-bond donors (Lipinski definition) is 0. The highest BCUT2D eigenvalue weighted by Crippen LogP contribution is 2.33. The average molecular weight is 421 g/mol. The molecule has 0 saturated carbocycles. The van der Waals surface area contributed by atoms with Gasteiger partial charge in [0.2, 0.25) is 0 Å². The first-order valence-corrected chi connectivity index (χ1v) is 9.42. The van der Waals surface area contributed by atoms with Crippen LogP contribution in [0.3, 0.4) is 0 Å². The molecule has 3 aromatic rings. The number of rotatable bonds is 4. The van der Waals surface area contributed by atoms with Crippen LogP contribution in [0.1, 0.15) is 18.3 Å². The second-order valence-corrected chi connectivity index (χ2v) is 7.01. The molecular weight excluding hydrogens is 402 g/mol. The minimum absolute atomic E-state index is 0.0567. The van der Waals surface area contributed by atoms with Gasteiger partial charge in [-0.1, -0.05) is 0 Å². The zero-order valence-corrected chi connectivity index (χ0v) is 16.1. The second kappa shape index (κ2) is 8.06. The largest absolute Gasteiger partial charge is 0.573 e. The van der Waals surface area contributed by atoms with Crippen molar-refractivity contribution >= 4 is 0 Å². The Hall–Kier alpha value is -2.94. The van der Waals surface area contributed by atoms with Crippen LogP contribution in [0.25, 0.3) is 22.6 Å². The lowest BCUT2D eigenvalue weighted by Gasteiger charge is -2.13. The summed E-state index contributed by atoms with van der Waals surface area (Å²) < 4.78 is 62.2. The highest BCUT2D eigenvalue weighted by molar-refractivity contribution is 5.69. The van der Waals surface area contributed by atoms with E-state index in [1.165, 1.54) is 30.5 Å². The Balaban J connectivity index is 1.79. The van der Waals surface area contributed by atoms with Crippen molar-refractivity contribution in [3.05, 3.63) is 54.0 Å². The van der Waals surface area contributed by atoms with Gasteiger partial charge in [-0.05, 0) is 43.3 Å². The molecule has 1 aromatic carbocycles. The SMILES string of the molecule is C[C@@H]1Cn2c(-c3ccc(OC(F)(F)F)cc3)nc(-c3ccnc(CF)c3)c2CCO1. The van der Waals surface area contributed by atoms with Crippen LogP contribution in [0, 0.1) is 0 Å². The molecule has 0 aliphatic carbocycles. The van der Waals surface area contributed by atoms with Gasteiger partial charge in [0, 0.05) is 29.4 Å². The Morgan fingerprint density at radius 2 is 1.93 bits per heavy atom. The minimum Gasteiger partial charge on any atom is -0.406 e. The number of benzene rings is 1. The molecule has 9 heteroatoms. The van der Waals surface area contributed by atoms with Crippen LogP contribution < -0.4 is 4.74 Å². The summed E-state index contributed by atoms with van der Waals surface area (Å²) in [5, 5.41) is 0. The molecule has 1 aliphatic rings. The van der Waals surface area contributed by atoms with E-state index in [1.807, 2.05) is 11.5 Å². The minimum atomic E-state index is -4.75. The smallest absolute Gasteiger partial charge is 0.406 e. The maximum Gasteiger partial charge on any atom is 0.573 e. The monoisotopic (exact) mass is 421 g/mol. The van der Waals surface area contributed by atoms with Crippen LogP contribution in [0.4, 0.5) is 17.6 Å². The summed E-state index contributed by atoms with van der Waals surface area (Å²) in [6.45, 7) is 2.32. The lowest BCUT2D eigenvalue weighted by molar-refractivity contribution is -0.274. The average Bonchev–Trinajstić information content (AvgIpc) is 2.94. The number of ether oxygens (including phenoxy) is 2. The number of alkyl halides is 4. The molecule has 0 saturated heterocycles. The number of aromatic nitrogens is 3. The number of imidazole rings is 1. The quantitative estimate of drug-likeness (QED) is 0.560. The second-order valence-electron chi connectivity index (χ2n) is 7.01. The lowest BCUT2D eigenvalue weighted by atomic mass is 10.1. The number of pyridine rings is 1. The Bertz CT molecular complexity index is 1030. The van der Waals surface area contributed by atoms with Crippen LogP contribution in [-0.2, 0) is 24.4 Å². The molecule has 30 heavy (non-hydrogen) atoms. The van der Waals surface area contributed by atoms with Crippen LogP contribution in [0.15, 0.2) is 42.6 Å². The van der Waals surface area contributed by atoms with Crippen molar-refractivity contribution in [1.29, 1.82) is 0 Å². The number of fused-ring (bicyclic) bond motifs is 1. The maximum absolute atomic E-state index is 13.1. The van der Waals surface area contributed by atoms with Gasteiger partial charge in [-0.2, -0.15) is 0 Å². The van der Waals surface area contributed by atoms with Crippen molar-refractivity contribution in [2.24, 2.45) is 0 Å². The molecule has 5 nitrogen and oxygen atoms in total. The topological polar surface area (TPSA) is 49.2 Å². The van der Waals surface area contributed by atoms with Gasteiger partial charge in [-0.3, -0.25) is 4.98 Å². The Morgan fingerprint density at radius 3 is 2.63 bits per heavy atom. The molecule has 0 N–H and O–H groups in total. The molecule has 0 spiro atoms. The van der Waals surface area contributed by atoms with E-state index in [-0.39, 0.29) is 11.9 Å². The van der Waals surface area contributed by atoms with Gasteiger partial charge in [-0.25, -0.2) is 9.37 Å². The van der Waals surface area contributed by atoms with Gasteiger partial charge < -0.3 is 14.0 Å². The van der Waals surface area contributed by atoms with Gasteiger partial charge in [0.25, 0.3) is 0 Å². The molecule has 1 atom stereocenters.